The molecule has 0 radical (unpaired) electrons. The van der Waals surface area contributed by atoms with Gasteiger partial charge in [0, 0.05) is 18.9 Å². The molecule has 0 aliphatic heterocycles. The highest BCUT2D eigenvalue weighted by Gasteiger charge is 2.38. The number of phosphoric acid groups is 1. The maximum Gasteiger partial charge on any atom is 0.470 e. The molecule has 1 aromatic rings. The van der Waals surface area contributed by atoms with Gasteiger partial charge in [-0.3, -0.25) is 9.51 Å². The lowest BCUT2D eigenvalue weighted by atomic mass is 9.93. The number of rotatable bonds is 10. The van der Waals surface area contributed by atoms with Crippen LogP contribution >= 0.6 is 7.82 Å². The number of hydrogen-bond donors (Lipinski definition) is 4. The van der Waals surface area contributed by atoms with Crippen LogP contribution in [0, 0.1) is 0 Å². The summed E-state index contributed by atoms with van der Waals surface area (Å²) in [6.07, 6.45) is 7.24. The topological polar surface area (TPSA) is 121 Å². The summed E-state index contributed by atoms with van der Waals surface area (Å²) < 4.78 is 16.2. The quantitative estimate of drug-likeness (QED) is 0.370. The third-order valence-electron chi connectivity index (χ3n) is 3.66. The molecule has 0 saturated carbocycles. The fourth-order valence-electron chi connectivity index (χ4n) is 2.50. The highest BCUT2D eigenvalue weighted by atomic mass is 31.2. The SMILES string of the molecule is CCCCCCNC(=O)NC(c1cccnc1)C(C)(C)OP(=O)(O)O. The van der Waals surface area contributed by atoms with Crippen LogP contribution in [0.4, 0.5) is 4.79 Å². The van der Waals surface area contributed by atoms with Gasteiger partial charge in [-0.25, -0.2) is 9.36 Å². The average molecular weight is 373 g/mol. The smallest absolute Gasteiger partial charge is 0.338 e. The summed E-state index contributed by atoms with van der Waals surface area (Å²) in [5, 5.41) is 5.49. The standard InChI is InChI=1S/C16H28N3O5P/c1-4-5-6-7-11-18-15(20)19-14(13-9-8-10-17-12-13)16(2,3)24-25(21,22)23/h8-10,12,14H,4-7,11H2,1-3H3,(H2,18,19,20)(H2,21,22,23). The van der Waals surface area contributed by atoms with Crippen molar-refractivity contribution >= 4 is 13.9 Å². The van der Waals surface area contributed by atoms with Crippen LogP contribution in [-0.4, -0.2) is 32.9 Å². The molecule has 1 heterocycles. The van der Waals surface area contributed by atoms with Gasteiger partial charge in [-0.15, -0.1) is 0 Å². The van der Waals surface area contributed by atoms with E-state index in [0.717, 1.165) is 25.7 Å². The van der Waals surface area contributed by atoms with Gasteiger partial charge in [0.25, 0.3) is 0 Å². The van der Waals surface area contributed by atoms with E-state index in [0.29, 0.717) is 12.1 Å². The van der Waals surface area contributed by atoms with Gasteiger partial charge >= 0.3 is 13.9 Å². The first kappa shape index (κ1) is 21.6. The Hall–Kier alpha value is -1.47. The average Bonchev–Trinajstić information content (AvgIpc) is 2.51. The molecule has 0 aliphatic rings. The number of phosphoric ester groups is 1. The number of urea groups is 1. The molecular formula is C16H28N3O5P. The molecule has 0 saturated heterocycles. The van der Waals surface area contributed by atoms with Crippen LogP contribution in [0.15, 0.2) is 24.5 Å². The highest BCUT2D eigenvalue weighted by Crippen LogP contribution is 2.45. The zero-order valence-electron chi connectivity index (χ0n) is 14.9. The van der Waals surface area contributed by atoms with Crippen molar-refractivity contribution < 1.29 is 23.7 Å². The summed E-state index contributed by atoms with van der Waals surface area (Å²) in [5.41, 5.74) is -0.760. The summed E-state index contributed by atoms with van der Waals surface area (Å²) in [6, 6.07) is 2.18. The molecule has 1 rings (SSSR count). The van der Waals surface area contributed by atoms with Crippen molar-refractivity contribution in [3.63, 3.8) is 0 Å². The Balaban J connectivity index is 2.79. The Morgan fingerprint density at radius 1 is 1.36 bits per heavy atom. The molecule has 0 fully saturated rings. The number of unbranched alkanes of at least 4 members (excludes halogenated alkanes) is 3. The molecule has 8 nitrogen and oxygen atoms in total. The number of nitrogens with one attached hydrogen (secondary N) is 2. The van der Waals surface area contributed by atoms with Crippen molar-refractivity contribution in [1.29, 1.82) is 0 Å². The second-order valence-corrected chi connectivity index (χ2v) is 7.53. The van der Waals surface area contributed by atoms with E-state index in [2.05, 4.69) is 22.5 Å². The third kappa shape index (κ3) is 8.45. The fourth-order valence-corrected chi connectivity index (χ4v) is 3.22. The first-order chi connectivity index (χ1) is 11.7. The van der Waals surface area contributed by atoms with E-state index in [1.165, 1.54) is 20.0 Å². The number of carbonyl (C=O) groups excluding carboxylic acids is 1. The normalized spacial score (nSPS) is 13.3. The second kappa shape index (κ2) is 9.87. The summed E-state index contributed by atoms with van der Waals surface area (Å²) in [5.74, 6) is 0. The lowest BCUT2D eigenvalue weighted by Gasteiger charge is -2.34. The molecule has 9 heteroatoms. The summed E-state index contributed by atoms with van der Waals surface area (Å²) in [4.78, 5) is 34.5. The van der Waals surface area contributed by atoms with Crippen molar-refractivity contribution in [3.8, 4) is 0 Å². The molecule has 0 bridgehead atoms. The predicted molar refractivity (Wildman–Crippen MR) is 94.9 cm³/mol. The number of nitrogens with zero attached hydrogens (tertiary/aromatic N) is 1. The fraction of sp³-hybridized carbons (Fsp3) is 0.625. The molecule has 25 heavy (non-hydrogen) atoms. The number of amides is 2. The van der Waals surface area contributed by atoms with Crippen LogP contribution in [0.3, 0.4) is 0 Å². The van der Waals surface area contributed by atoms with E-state index in [4.69, 9.17) is 14.3 Å². The van der Waals surface area contributed by atoms with E-state index in [-0.39, 0.29) is 0 Å². The van der Waals surface area contributed by atoms with Crippen LogP contribution < -0.4 is 10.6 Å². The lowest BCUT2D eigenvalue weighted by Crippen LogP contribution is -2.47. The Kier molecular flexibility index (Phi) is 8.52. The van der Waals surface area contributed by atoms with Gasteiger partial charge in [0.15, 0.2) is 0 Å². The number of carbonyl (C=O) groups is 1. The molecule has 1 unspecified atom stereocenters. The molecule has 142 valence electrons. The number of aromatic nitrogens is 1. The monoisotopic (exact) mass is 373 g/mol. The van der Waals surface area contributed by atoms with Crippen molar-refractivity contribution in [1.82, 2.24) is 15.6 Å². The van der Waals surface area contributed by atoms with Crippen LogP contribution in [0.5, 0.6) is 0 Å². The highest BCUT2D eigenvalue weighted by molar-refractivity contribution is 7.46. The molecule has 1 atom stereocenters. The van der Waals surface area contributed by atoms with E-state index in [1.807, 2.05) is 0 Å². The maximum atomic E-state index is 12.2. The van der Waals surface area contributed by atoms with Crippen LogP contribution in [0.2, 0.25) is 0 Å². The van der Waals surface area contributed by atoms with Crippen molar-refractivity contribution in [2.75, 3.05) is 6.54 Å². The molecule has 0 aliphatic carbocycles. The van der Waals surface area contributed by atoms with E-state index in [9.17, 15) is 9.36 Å². The lowest BCUT2D eigenvalue weighted by molar-refractivity contribution is 0.0337. The first-order valence-electron chi connectivity index (χ1n) is 8.36. The molecular weight excluding hydrogens is 345 g/mol. The zero-order chi connectivity index (χ0) is 18.9. The van der Waals surface area contributed by atoms with Crippen LogP contribution in [0.25, 0.3) is 0 Å². The van der Waals surface area contributed by atoms with Gasteiger partial charge < -0.3 is 20.4 Å². The maximum absolute atomic E-state index is 12.2. The molecule has 1 aromatic heterocycles. The minimum Gasteiger partial charge on any atom is -0.338 e. The number of hydrogen-bond acceptors (Lipinski definition) is 4. The van der Waals surface area contributed by atoms with Gasteiger partial charge in [0.1, 0.15) is 0 Å². The number of pyridine rings is 1. The van der Waals surface area contributed by atoms with E-state index < -0.39 is 25.5 Å². The Morgan fingerprint density at radius 2 is 2.08 bits per heavy atom. The Labute approximate surface area is 148 Å². The first-order valence-corrected chi connectivity index (χ1v) is 9.89. The molecule has 2 amide bonds. The Bertz CT molecular complexity index is 576. The molecule has 0 spiro atoms. The van der Waals surface area contributed by atoms with Gasteiger partial charge in [-0.05, 0) is 31.9 Å². The van der Waals surface area contributed by atoms with Crippen molar-refractivity contribution in [2.24, 2.45) is 0 Å². The summed E-state index contributed by atoms with van der Waals surface area (Å²) in [7, 11) is -4.73. The second-order valence-electron chi connectivity index (χ2n) is 6.37. The van der Waals surface area contributed by atoms with Crippen molar-refractivity contribution in [2.45, 2.75) is 58.1 Å². The third-order valence-corrected chi connectivity index (χ3v) is 4.37. The minimum atomic E-state index is -4.73. The van der Waals surface area contributed by atoms with Crippen LogP contribution in [-0.2, 0) is 9.09 Å². The van der Waals surface area contributed by atoms with E-state index >= 15 is 0 Å². The van der Waals surface area contributed by atoms with Gasteiger partial charge in [-0.2, -0.15) is 0 Å². The predicted octanol–water partition coefficient (Wildman–Crippen LogP) is 2.89. The Morgan fingerprint density at radius 3 is 2.64 bits per heavy atom. The molecule has 4 N–H and O–H groups in total. The van der Waals surface area contributed by atoms with Gasteiger partial charge in [0.05, 0.1) is 11.6 Å². The zero-order valence-corrected chi connectivity index (χ0v) is 15.8. The largest absolute Gasteiger partial charge is 0.470 e. The van der Waals surface area contributed by atoms with Crippen LogP contribution in [0.1, 0.15) is 58.1 Å². The molecule has 0 aromatic carbocycles. The summed E-state index contributed by atoms with van der Waals surface area (Å²) in [6.45, 7) is 5.66. The van der Waals surface area contributed by atoms with Crippen molar-refractivity contribution in [3.05, 3.63) is 30.1 Å². The summed E-state index contributed by atoms with van der Waals surface area (Å²) >= 11 is 0. The van der Waals surface area contributed by atoms with E-state index in [1.54, 1.807) is 18.3 Å². The van der Waals surface area contributed by atoms with Gasteiger partial charge in [0.2, 0.25) is 0 Å². The van der Waals surface area contributed by atoms with Gasteiger partial charge in [-0.1, -0.05) is 32.3 Å². The minimum absolute atomic E-state index is 0.423.